The van der Waals surface area contributed by atoms with Crippen LogP contribution in [0.25, 0.3) is 10.8 Å². The summed E-state index contributed by atoms with van der Waals surface area (Å²) in [5, 5.41) is 5.48. The minimum absolute atomic E-state index is 0.149. The van der Waals surface area contributed by atoms with Crippen molar-refractivity contribution in [3.63, 3.8) is 0 Å². The molecule has 1 saturated heterocycles. The Kier molecular flexibility index (Phi) is 7.10. The minimum atomic E-state index is -0.290. The quantitative estimate of drug-likeness (QED) is 0.468. The Balaban J connectivity index is 1.64. The van der Waals surface area contributed by atoms with Gasteiger partial charge < -0.3 is 19.9 Å². The number of carbonyl (C=O) groups is 2. The lowest BCUT2D eigenvalue weighted by Crippen LogP contribution is -2.48. The van der Waals surface area contributed by atoms with Gasteiger partial charge in [-0.3, -0.25) is 9.59 Å². The van der Waals surface area contributed by atoms with Crippen molar-refractivity contribution >= 4 is 61.5 Å². The molecule has 0 bridgehead atoms. The Labute approximate surface area is 206 Å². The monoisotopic (exact) mass is 529 g/mol. The van der Waals surface area contributed by atoms with Crippen molar-refractivity contribution in [2.45, 2.75) is 13.3 Å². The molecule has 1 aliphatic rings. The summed E-state index contributed by atoms with van der Waals surface area (Å²) in [4.78, 5) is 29.4. The van der Waals surface area contributed by atoms with Gasteiger partial charge >= 0.3 is 0 Å². The third kappa shape index (κ3) is 4.66. The van der Waals surface area contributed by atoms with E-state index in [4.69, 9.17) is 16.3 Å². The number of nitrogens with one attached hydrogen (secondary N) is 1. The molecule has 0 atom stereocenters. The summed E-state index contributed by atoms with van der Waals surface area (Å²) < 4.78 is 6.31. The topological polar surface area (TPSA) is 61.9 Å². The molecule has 1 N–H and O–H groups in total. The van der Waals surface area contributed by atoms with E-state index in [2.05, 4.69) is 26.1 Å². The maximum absolute atomic E-state index is 13.4. The zero-order valence-corrected chi connectivity index (χ0v) is 20.9. The predicted molar refractivity (Wildman–Crippen MR) is 137 cm³/mol. The fourth-order valence-electron chi connectivity index (χ4n) is 4.18. The SMILES string of the molecule is CCC(=O)N1CCN(c2c(Cl)cccc2NC(=O)c2cc3ccccc3c(Br)c2OC)CC1. The number of anilines is 2. The van der Waals surface area contributed by atoms with Crippen LogP contribution < -0.4 is 15.0 Å². The zero-order chi connectivity index (χ0) is 23.5. The molecule has 3 aromatic rings. The van der Waals surface area contributed by atoms with Gasteiger partial charge in [0, 0.05) is 32.6 Å². The number of hydrogen-bond acceptors (Lipinski definition) is 4. The molecule has 2 amide bonds. The number of amides is 2. The lowest BCUT2D eigenvalue weighted by Gasteiger charge is -2.37. The van der Waals surface area contributed by atoms with Crippen LogP contribution in [0.15, 0.2) is 53.0 Å². The van der Waals surface area contributed by atoms with Gasteiger partial charge in [0.05, 0.1) is 33.5 Å². The van der Waals surface area contributed by atoms with Crippen molar-refractivity contribution < 1.29 is 14.3 Å². The highest BCUT2D eigenvalue weighted by Gasteiger charge is 2.25. The molecule has 33 heavy (non-hydrogen) atoms. The molecule has 172 valence electrons. The molecule has 1 aliphatic heterocycles. The van der Waals surface area contributed by atoms with Crippen molar-refractivity contribution in [2.24, 2.45) is 0 Å². The number of para-hydroxylation sites is 1. The first-order chi connectivity index (χ1) is 15.9. The molecular weight excluding hydrogens is 506 g/mol. The second kappa shape index (κ2) is 10.0. The number of carbonyl (C=O) groups excluding carboxylic acids is 2. The Morgan fingerprint density at radius 2 is 1.82 bits per heavy atom. The minimum Gasteiger partial charge on any atom is -0.495 e. The van der Waals surface area contributed by atoms with Gasteiger partial charge in [-0.1, -0.05) is 48.9 Å². The van der Waals surface area contributed by atoms with Gasteiger partial charge in [-0.25, -0.2) is 0 Å². The number of halogens is 2. The van der Waals surface area contributed by atoms with Gasteiger partial charge in [0.15, 0.2) is 0 Å². The van der Waals surface area contributed by atoms with Crippen molar-refractivity contribution in [1.82, 2.24) is 4.90 Å². The van der Waals surface area contributed by atoms with Crippen LogP contribution in [0, 0.1) is 0 Å². The van der Waals surface area contributed by atoms with Crippen molar-refractivity contribution in [3.05, 3.63) is 63.6 Å². The molecule has 1 fully saturated rings. The number of piperazine rings is 1. The molecule has 0 spiro atoms. The molecule has 0 radical (unpaired) electrons. The van der Waals surface area contributed by atoms with Crippen LogP contribution >= 0.6 is 27.5 Å². The number of hydrogen-bond donors (Lipinski definition) is 1. The molecule has 4 rings (SSSR count). The largest absolute Gasteiger partial charge is 0.495 e. The molecular formula is C25H25BrClN3O3. The first-order valence-corrected chi connectivity index (χ1v) is 12.0. The van der Waals surface area contributed by atoms with Gasteiger partial charge in [-0.05, 0) is 44.9 Å². The lowest BCUT2D eigenvalue weighted by atomic mass is 10.0. The molecule has 0 saturated carbocycles. The molecule has 3 aromatic carbocycles. The Bertz CT molecular complexity index is 1210. The van der Waals surface area contributed by atoms with Crippen LogP contribution in [-0.4, -0.2) is 50.0 Å². The molecule has 0 unspecified atom stereocenters. The van der Waals surface area contributed by atoms with Crippen LogP contribution in [0.3, 0.4) is 0 Å². The number of ether oxygens (including phenoxy) is 1. The third-order valence-electron chi connectivity index (χ3n) is 5.88. The van der Waals surface area contributed by atoms with Crippen LogP contribution in [0.5, 0.6) is 5.75 Å². The van der Waals surface area contributed by atoms with E-state index in [1.807, 2.05) is 60.4 Å². The van der Waals surface area contributed by atoms with Crippen molar-refractivity contribution in [2.75, 3.05) is 43.5 Å². The standard InChI is InChI=1S/C25H25BrClN3O3/c1-3-21(31)29-11-13-30(14-12-29)23-19(27)9-6-10-20(23)28-25(32)18-15-16-7-4-5-8-17(16)22(26)24(18)33-2/h4-10,15H,3,11-14H2,1-2H3,(H,28,32). The van der Waals surface area contributed by atoms with E-state index >= 15 is 0 Å². The molecule has 8 heteroatoms. The summed E-state index contributed by atoms with van der Waals surface area (Å²) in [6, 6.07) is 15.1. The van der Waals surface area contributed by atoms with Crippen molar-refractivity contribution in [1.29, 1.82) is 0 Å². The van der Waals surface area contributed by atoms with E-state index in [1.54, 1.807) is 7.11 Å². The van der Waals surface area contributed by atoms with E-state index < -0.39 is 0 Å². The third-order valence-corrected chi connectivity index (χ3v) is 6.97. The van der Waals surface area contributed by atoms with Gasteiger partial charge in [0.25, 0.3) is 5.91 Å². The highest BCUT2D eigenvalue weighted by Crippen LogP contribution is 2.39. The zero-order valence-electron chi connectivity index (χ0n) is 18.5. The van der Waals surface area contributed by atoms with Crippen LogP contribution in [-0.2, 0) is 4.79 Å². The highest BCUT2D eigenvalue weighted by molar-refractivity contribution is 9.10. The number of rotatable bonds is 5. The number of fused-ring (bicyclic) bond motifs is 1. The average Bonchev–Trinajstić information content (AvgIpc) is 2.84. The number of benzene rings is 3. The summed E-state index contributed by atoms with van der Waals surface area (Å²) in [7, 11) is 1.55. The summed E-state index contributed by atoms with van der Waals surface area (Å²) in [5.74, 6) is 0.333. The number of methoxy groups -OCH3 is 1. The molecule has 0 aliphatic carbocycles. The van der Waals surface area contributed by atoms with E-state index in [0.29, 0.717) is 54.6 Å². The van der Waals surface area contributed by atoms with E-state index in [-0.39, 0.29) is 11.8 Å². The van der Waals surface area contributed by atoms with Crippen LogP contribution in [0.1, 0.15) is 23.7 Å². The van der Waals surface area contributed by atoms with Gasteiger partial charge in [0.1, 0.15) is 5.75 Å². The van der Waals surface area contributed by atoms with Gasteiger partial charge in [0.2, 0.25) is 5.91 Å². The average molecular weight is 531 g/mol. The fraction of sp³-hybridized carbons (Fsp3) is 0.280. The predicted octanol–water partition coefficient (Wildman–Crippen LogP) is 5.58. The normalized spacial score (nSPS) is 13.8. The second-order valence-electron chi connectivity index (χ2n) is 7.80. The van der Waals surface area contributed by atoms with Crippen LogP contribution in [0.4, 0.5) is 11.4 Å². The highest BCUT2D eigenvalue weighted by atomic mass is 79.9. The smallest absolute Gasteiger partial charge is 0.259 e. The summed E-state index contributed by atoms with van der Waals surface area (Å²) >= 11 is 10.2. The molecule has 1 heterocycles. The first kappa shape index (κ1) is 23.4. The molecule has 6 nitrogen and oxygen atoms in total. The fourth-order valence-corrected chi connectivity index (χ4v) is 5.21. The van der Waals surface area contributed by atoms with E-state index in [0.717, 1.165) is 20.9 Å². The van der Waals surface area contributed by atoms with Gasteiger partial charge in [-0.15, -0.1) is 0 Å². The molecule has 0 aromatic heterocycles. The number of nitrogens with zero attached hydrogens (tertiary/aromatic N) is 2. The summed E-state index contributed by atoms with van der Waals surface area (Å²) in [6.45, 7) is 4.40. The van der Waals surface area contributed by atoms with E-state index in [1.165, 1.54) is 0 Å². The maximum Gasteiger partial charge on any atom is 0.259 e. The summed E-state index contributed by atoms with van der Waals surface area (Å²) in [6.07, 6.45) is 0.497. The Morgan fingerprint density at radius 1 is 1.09 bits per heavy atom. The summed E-state index contributed by atoms with van der Waals surface area (Å²) in [5.41, 5.74) is 1.80. The van der Waals surface area contributed by atoms with Gasteiger partial charge in [-0.2, -0.15) is 0 Å². The Morgan fingerprint density at radius 3 is 2.52 bits per heavy atom. The Hall–Kier alpha value is -2.77. The first-order valence-electron chi connectivity index (χ1n) is 10.8. The van der Waals surface area contributed by atoms with Crippen LogP contribution in [0.2, 0.25) is 5.02 Å². The maximum atomic E-state index is 13.4. The second-order valence-corrected chi connectivity index (χ2v) is 9.00. The van der Waals surface area contributed by atoms with E-state index in [9.17, 15) is 9.59 Å². The van der Waals surface area contributed by atoms with Crippen molar-refractivity contribution in [3.8, 4) is 5.75 Å². The lowest BCUT2D eigenvalue weighted by molar-refractivity contribution is -0.131.